The molecule has 0 radical (unpaired) electrons. The molecule has 3 nitrogen and oxygen atoms in total. The maximum Gasteiger partial charge on any atom is 0.151 e. The summed E-state index contributed by atoms with van der Waals surface area (Å²) in [5.41, 5.74) is 1.14. The summed E-state index contributed by atoms with van der Waals surface area (Å²) in [4.78, 5) is 0. The van der Waals surface area contributed by atoms with Gasteiger partial charge in [0.25, 0.3) is 0 Å². The molecule has 2 atom stereocenters. The van der Waals surface area contributed by atoms with Crippen LogP contribution in [0.2, 0.25) is 0 Å². The SMILES string of the molecule is Ic1ccccc1O[C@H](c1ccccc1)C1CNCCO1. The van der Waals surface area contributed by atoms with Gasteiger partial charge in [0.1, 0.15) is 11.9 Å². The van der Waals surface area contributed by atoms with Gasteiger partial charge in [-0.25, -0.2) is 0 Å². The highest BCUT2D eigenvalue weighted by atomic mass is 127. The first kappa shape index (κ1) is 14.8. The molecule has 0 spiro atoms. The molecule has 0 aromatic heterocycles. The first-order chi connectivity index (χ1) is 10.3. The van der Waals surface area contributed by atoms with Crippen molar-refractivity contribution in [3.8, 4) is 5.75 Å². The number of halogens is 1. The Hall–Kier alpha value is -1.11. The van der Waals surface area contributed by atoms with E-state index in [1.54, 1.807) is 0 Å². The second-order valence-electron chi connectivity index (χ2n) is 4.99. The van der Waals surface area contributed by atoms with Crippen molar-refractivity contribution in [2.45, 2.75) is 12.2 Å². The number of para-hydroxylation sites is 1. The van der Waals surface area contributed by atoms with Crippen LogP contribution in [0.15, 0.2) is 54.6 Å². The zero-order chi connectivity index (χ0) is 14.5. The summed E-state index contributed by atoms with van der Waals surface area (Å²) in [6, 6.07) is 18.4. The fourth-order valence-electron chi connectivity index (χ4n) is 2.46. The van der Waals surface area contributed by atoms with Gasteiger partial charge in [0.2, 0.25) is 0 Å². The van der Waals surface area contributed by atoms with Crippen molar-refractivity contribution < 1.29 is 9.47 Å². The lowest BCUT2D eigenvalue weighted by atomic mass is 10.0. The second kappa shape index (κ2) is 7.24. The van der Waals surface area contributed by atoms with Crippen LogP contribution >= 0.6 is 22.6 Å². The Morgan fingerprint density at radius 3 is 2.57 bits per heavy atom. The standard InChI is InChI=1S/C17H18INO2/c18-14-8-4-5-9-15(14)21-17(13-6-2-1-3-7-13)16-12-19-10-11-20-16/h1-9,16-17,19H,10-12H2/t16?,17-/m1/s1. The van der Waals surface area contributed by atoms with E-state index in [0.717, 1.165) is 34.6 Å². The zero-order valence-electron chi connectivity index (χ0n) is 11.7. The molecule has 1 fully saturated rings. The Labute approximate surface area is 138 Å². The Kier molecular flexibility index (Phi) is 5.11. The number of hydrogen-bond donors (Lipinski definition) is 1. The molecule has 0 aliphatic carbocycles. The van der Waals surface area contributed by atoms with E-state index < -0.39 is 0 Å². The molecule has 0 saturated carbocycles. The van der Waals surface area contributed by atoms with Crippen LogP contribution in [-0.4, -0.2) is 25.8 Å². The van der Waals surface area contributed by atoms with E-state index in [2.05, 4.69) is 46.1 Å². The second-order valence-corrected chi connectivity index (χ2v) is 6.16. The maximum absolute atomic E-state index is 6.30. The van der Waals surface area contributed by atoms with Crippen molar-refractivity contribution in [3.05, 3.63) is 63.7 Å². The third-order valence-electron chi connectivity index (χ3n) is 3.51. The molecule has 0 bridgehead atoms. The largest absolute Gasteiger partial charge is 0.482 e. The molecule has 4 heteroatoms. The van der Waals surface area contributed by atoms with Gasteiger partial charge in [-0.15, -0.1) is 0 Å². The number of ether oxygens (including phenoxy) is 2. The summed E-state index contributed by atoms with van der Waals surface area (Å²) in [7, 11) is 0. The first-order valence-corrected chi connectivity index (χ1v) is 8.21. The fourth-order valence-corrected chi connectivity index (χ4v) is 2.97. The summed E-state index contributed by atoms with van der Waals surface area (Å²) in [6.07, 6.45) is -0.0768. The van der Waals surface area contributed by atoms with Crippen LogP contribution in [-0.2, 0) is 4.74 Å². The van der Waals surface area contributed by atoms with Crippen LogP contribution < -0.4 is 10.1 Å². The van der Waals surface area contributed by atoms with E-state index in [4.69, 9.17) is 9.47 Å². The Balaban J connectivity index is 1.87. The predicted molar refractivity (Wildman–Crippen MR) is 91.6 cm³/mol. The lowest BCUT2D eigenvalue weighted by Gasteiger charge is -2.31. The molecule has 1 aliphatic heterocycles. The van der Waals surface area contributed by atoms with E-state index >= 15 is 0 Å². The van der Waals surface area contributed by atoms with Gasteiger partial charge < -0.3 is 14.8 Å². The lowest BCUT2D eigenvalue weighted by molar-refractivity contribution is -0.0435. The maximum atomic E-state index is 6.30. The minimum absolute atomic E-state index is 0.0251. The van der Waals surface area contributed by atoms with Crippen LogP contribution in [0.4, 0.5) is 0 Å². The van der Waals surface area contributed by atoms with Gasteiger partial charge in [-0.05, 0) is 40.3 Å². The normalized spacial score (nSPS) is 20.0. The van der Waals surface area contributed by atoms with Gasteiger partial charge in [-0.2, -0.15) is 0 Å². The Morgan fingerprint density at radius 1 is 1.10 bits per heavy atom. The molecule has 1 aliphatic rings. The lowest BCUT2D eigenvalue weighted by Crippen LogP contribution is -2.43. The van der Waals surface area contributed by atoms with E-state index in [1.807, 2.05) is 36.4 Å². The molecule has 2 aromatic carbocycles. The van der Waals surface area contributed by atoms with Crippen LogP contribution in [0.3, 0.4) is 0 Å². The van der Waals surface area contributed by atoms with E-state index in [0.29, 0.717) is 0 Å². The Bertz CT molecular complexity index is 570. The summed E-state index contributed by atoms with van der Waals surface area (Å²) in [5.74, 6) is 0.904. The first-order valence-electron chi connectivity index (χ1n) is 7.13. The van der Waals surface area contributed by atoms with Crippen molar-refractivity contribution in [2.75, 3.05) is 19.7 Å². The van der Waals surface area contributed by atoms with Gasteiger partial charge in [0.05, 0.1) is 10.2 Å². The molecular weight excluding hydrogens is 377 g/mol. The van der Waals surface area contributed by atoms with E-state index in [-0.39, 0.29) is 12.2 Å². The number of benzene rings is 2. The van der Waals surface area contributed by atoms with Gasteiger partial charge in [0, 0.05) is 13.1 Å². The van der Waals surface area contributed by atoms with Crippen LogP contribution in [0.25, 0.3) is 0 Å². The smallest absolute Gasteiger partial charge is 0.151 e. The summed E-state index contributed by atoms with van der Waals surface area (Å²) < 4.78 is 13.3. The van der Waals surface area contributed by atoms with Gasteiger partial charge in [0.15, 0.2) is 6.10 Å². The topological polar surface area (TPSA) is 30.5 Å². The minimum Gasteiger partial charge on any atom is -0.482 e. The molecule has 0 amide bonds. The van der Waals surface area contributed by atoms with Gasteiger partial charge >= 0.3 is 0 Å². The van der Waals surface area contributed by atoms with Crippen molar-refractivity contribution in [2.24, 2.45) is 0 Å². The van der Waals surface area contributed by atoms with Crippen LogP contribution in [0, 0.1) is 3.57 Å². The number of rotatable bonds is 4. The molecular formula is C17H18INO2. The summed E-state index contributed by atoms with van der Waals surface area (Å²) >= 11 is 2.30. The highest BCUT2D eigenvalue weighted by Crippen LogP contribution is 2.30. The average molecular weight is 395 g/mol. The highest BCUT2D eigenvalue weighted by Gasteiger charge is 2.28. The third kappa shape index (κ3) is 3.75. The molecule has 3 rings (SSSR count). The molecule has 1 N–H and O–H groups in total. The quantitative estimate of drug-likeness (QED) is 0.806. The molecule has 2 aromatic rings. The summed E-state index contributed by atoms with van der Waals surface area (Å²) in [6.45, 7) is 2.44. The van der Waals surface area contributed by atoms with Crippen molar-refractivity contribution in [3.63, 3.8) is 0 Å². The van der Waals surface area contributed by atoms with Gasteiger partial charge in [-0.1, -0.05) is 42.5 Å². The third-order valence-corrected chi connectivity index (χ3v) is 4.40. The molecule has 1 saturated heterocycles. The molecule has 21 heavy (non-hydrogen) atoms. The fraction of sp³-hybridized carbons (Fsp3) is 0.294. The van der Waals surface area contributed by atoms with Gasteiger partial charge in [-0.3, -0.25) is 0 Å². The van der Waals surface area contributed by atoms with Crippen molar-refractivity contribution in [1.82, 2.24) is 5.32 Å². The van der Waals surface area contributed by atoms with E-state index in [1.165, 1.54) is 0 Å². The molecule has 1 heterocycles. The number of hydrogen-bond acceptors (Lipinski definition) is 3. The predicted octanol–water partition coefficient (Wildman–Crippen LogP) is 3.40. The van der Waals surface area contributed by atoms with Crippen molar-refractivity contribution >= 4 is 22.6 Å². The monoisotopic (exact) mass is 395 g/mol. The average Bonchev–Trinajstić information content (AvgIpc) is 2.56. The number of nitrogens with one attached hydrogen (secondary N) is 1. The highest BCUT2D eigenvalue weighted by molar-refractivity contribution is 14.1. The molecule has 110 valence electrons. The van der Waals surface area contributed by atoms with Crippen molar-refractivity contribution in [1.29, 1.82) is 0 Å². The van der Waals surface area contributed by atoms with E-state index in [9.17, 15) is 0 Å². The minimum atomic E-state index is -0.102. The van der Waals surface area contributed by atoms with Crippen LogP contribution in [0.1, 0.15) is 11.7 Å². The van der Waals surface area contributed by atoms with Crippen LogP contribution in [0.5, 0.6) is 5.75 Å². The number of morpholine rings is 1. The molecule has 1 unspecified atom stereocenters. The Morgan fingerprint density at radius 2 is 1.86 bits per heavy atom. The summed E-state index contributed by atoms with van der Waals surface area (Å²) in [5, 5.41) is 3.38. The zero-order valence-corrected chi connectivity index (χ0v) is 13.8.